The monoisotopic (exact) mass is 243 g/mol. The number of aromatic amines is 1. The van der Waals surface area contributed by atoms with Gasteiger partial charge in [-0.15, -0.1) is 0 Å². The zero-order valence-corrected chi connectivity index (χ0v) is 10.2. The van der Waals surface area contributed by atoms with Crippen LogP contribution in [0.4, 0.5) is 5.82 Å². The standard InChI is InChI=1S/C13H13N3O2/c1-8-5-9(2)15-12(6-8)16-13(18)10-7-14-4-3-11(10)17/h3-7H,1-2H3,(H,14,17)(H,15,16,18). The van der Waals surface area contributed by atoms with Gasteiger partial charge in [-0.3, -0.25) is 9.59 Å². The molecule has 0 aliphatic carbocycles. The smallest absolute Gasteiger partial charge is 0.262 e. The Morgan fingerprint density at radius 3 is 2.78 bits per heavy atom. The first-order chi connectivity index (χ1) is 8.56. The summed E-state index contributed by atoms with van der Waals surface area (Å²) in [7, 11) is 0. The number of hydrogen-bond donors (Lipinski definition) is 2. The number of hydrogen-bond acceptors (Lipinski definition) is 3. The molecule has 0 unspecified atom stereocenters. The molecule has 0 fully saturated rings. The fourth-order valence-corrected chi connectivity index (χ4v) is 1.68. The third-order valence-corrected chi connectivity index (χ3v) is 2.41. The van der Waals surface area contributed by atoms with E-state index in [2.05, 4.69) is 15.3 Å². The van der Waals surface area contributed by atoms with Crippen LogP contribution in [0.2, 0.25) is 0 Å². The Hall–Kier alpha value is -2.43. The topological polar surface area (TPSA) is 74.8 Å². The maximum absolute atomic E-state index is 11.9. The predicted molar refractivity (Wildman–Crippen MR) is 68.7 cm³/mol. The Morgan fingerprint density at radius 2 is 2.11 bits per heavy atom. The summed E-state index contributed by atoms with van der Waals surface area (Å²) in [6.45, 7) is 3.76. The highest BCUT2D eigenvalue weighted by Crippen LogP contribution is 2.09. The van der Waals surface area contributed by atoms with Gasteiger partial charge in [-0.2, -0.15) is 0 Å². The second-order valence-electron chi connectivity index (χ2n) is 4.05. The first-order valence-electron chi connectivity index (χ1n) is 5.50. The molecule has 2 heterocycles. The summed E-state index contributed by atoms with van der Waals surface area (Å²) in [6, 6.07) is 4.97. The van der Waals surface area contributed by atoms with Crippen molar-refractivity contribution in [1.29, 1.82) is 0 Å². The highest BCUT2D eigenvalue weighted by molar-refractivity contribution is 6.03. The lowest BCUT2D eigenvalue weighted by atomic mass is 10.2. The summed E-state index contributed by atoms with van der Waals surface area (Å²) in [5.74, 6) is -0.0184. The van der Waals surface area contributed by atoms with Crippen LogP contribution in [0.1, 0.15) is 21.6 Å². The van der Waals surface area contributed by atoms with Crippen LogP contribution < -0.4 is 10.7 Å². The van der Waals surface area contributed by atoms with Crippen LogP contribution in [0, 0.1) is 13.8 Å². The molecule has 2 aromatic rings. The van der Waals surface area contributed by atoms with Crippen LogP contribution in [-0.2, 0) is 0 Å². The Labute approximate surface area is 104 Å². The number of nitrogens with zero attached hydrogens (tertiary/aromatic N) is 1. The van der Waals surface area contributed by atoms with E-state index in [1.54, 1.807) is 6.07 Å². The van der Waals surface area contributed by atoms with Gasteiger partial charge in [0, 0.05) is 24.2 Å². The van der Waals surface area contributed by atoms with E-state index in [1.807, 2.05) is 19.9 Å². The van der Waals surface area contributed by atoms with Crippen molar-refractivity contribution in [2.45, 2.75) is 13.8 Å². The molecule has 2 N–H and O–H groups in total. The average molecular weight is 243 g/mol. The summed E-state index contributed by atoms with van der Waals surface area (Å²) >= 11 is 0. The zero-order chi connectivity index (χ0) is 13.1. The van der Waals surface area contributed by atoms with E-state index < -0.39 is 5.91 Å². The number of pyridine rings is 2. The van der Waals surface area contributed by atoms with Crippen molar-refractivity contribution in [3.05, 3.63) is 57.6 Å². The molecule has 5 nitrogen and oxygen atoms in total. The molecule has 0 radical (unpaired) electrons. The molecule has 0 aliphatic rings. The molecule has 0 aromatic carbocycles. The van der Waals surface area contributed by atoms with Gasteiger partial charge in [-0.05, 0) is 31.5 Å². The number of anilines is 1. The van der Waals surface area contributed by atoms with Gasteiger partial charge < -0.3 is 10.3 Å². The molecule has 0 saturated carbocycles. The minimum Gasteiger partial charge on any atom is -0.367 e. The van der Waals surface area contributed by atoms with Crippen LogP contribution in [0.3, 0.4) is 0 Å². The lowest BCUT2D eigenvalue weighted by Gasteiger charge is -2.05. The highest BCUT2D eigenvalue weighted by atomic mass is 16.2. The van der Waals surface area contributed by atoms with Crippen molar-refractivity contribution in [3.8, 4) is 0 Å². The van der Waals surface area contributed by atoms with Gasteiger partial charge >= 0.3 is 0 Å². The van der Waals surface area contributed by atoms with E-state index in [4.69, 9.17) is 0 Å². The molecular formula is C13H13N3O2. The van der Waals surface area contributed by atoms with Gasteiger partial charge in [0.1, 0.15) is 11.4 Å². The molecule has 5 heteroatoms. The third kappa shape index (κ3) is 2.63. The van der Waals surface area contributed by atoms with Crippen LogP contribution in [0.25, 0.3) is 0 Å². The Bertz CT molecular complexity index is 626. The summed E-state index contributed by atoms with van der Waals surface area (Å²) in [5, 5.41) is 2.61. The molecule has 0 bridgehead atoms. The SMILES string of the molecule is Cc1cc(C)nc(NC(=O)c2c[nH]ccc2=O)c1. The molecule has 2 rings (SSSR count). The minimum absolute atomic E-state index is 0.0680. The molecule has 0 saturated heterocycles. The fraction of sp³-hybridized carbons (Fsp3) is 0.154. The molecule has 0 aliphatic heterocycles. The van der Waals surface area contributed by atoms with Gasteiger partial charge in [-0.1, -0.05) is 0 Å². The number of nitrogens with one attached hydrogen (secondary N) is 2. The number of H-pyrrole nitrogens is 1. The second-order valence-corrected chi connectivity index (χ2v) is 4.05. The number of amides is 1. The fourth-order valence-electron chi connectivity index (χ4n) is 1.68. The summed E-state index contributed by atoms with van der Waals surface area (Å²) in [6.07, 6.45) is 2.86. The number of rotatable bonds is 2. The summed E-state index contributed by atoms with van der Waals surface area (Å²) < 4.78 is 0. The number of aryl methyl sites for hydroxylation is 2. The van der Waals surface area contributed by atoms with Gasteiger partial charge in [0.05, 0.1) is 0 Å². The van der Waals surface area contributed by atoms with E-state index in [0.29, 0.717) is 5.82 Å². The summed E-state index contributed by atoms with van der Waals surface area (Å²) in [5.41, 5.74) is 1.56. The van der Waals surface area contributed by atoms with Crippen LogP contribution in [-0.4, -0.2) is 15.9 Å². The van der Waals surface area contributed by atoms with Crippen molar-refractivity contribution in [2.24, 2.45) is 0 Å². The molecule has 0 atom stereocenters. The maximum atomic E-state index is 11.9. The van der Waals surface area contributed by atoms with E-state index >= 15 is 0 Å². The zero-order valence-electron chi connectivity index (χ0n) is 10.2. The lowest BCUT2D eigenvalue weighted by molar-refractivity contribution is 0.102. The Balaban J connectivity index is 2.27. The number of carbonyl (C=O) groups is 1. The summed E-state index contributed by atoms with van der Waals surface area (Å²) in [4.78, 5) is 30.3. The first-order valence-corrected chi connectivity index (χ1v) is 5.50. The highest BCUT2D eigenvalue weighted by Gasteiger charge is 2.10. The number of carbonyl (C=O) groups excluding carboxylic acids is 1. The first kappa shape index (κ1) is 12.0. The molecule has 92 valence electrons. The predicted octanol–water partition coefficient (Wildman–Crippen LogP) is 1.64. The largest absolute Gasteiger partial charge is 0.367 e. The maximum Gasteiger partial charge on any atom is 0.262 e. The third-order valence-electron chi connectivity index (χ3n) is 2.41. The molecule has 0 spiro atoms. The Kier molecular flexibility index (Phi) is 3.23. The van der Waals surface area contributed by atoms with Crippen molar-refractivity contribution in [1.82, 2.24) is 9.97 Å². The van der Waals surface area contributed by atoms with Crippen molar-refractivity contribution in [2.75, 3.05) is 5.32 Å². The number of aromatic nitrogens is 2. The van der Waals surface area contributed by atoms with Gasteiger partial charge in [0.2, 0.25) is 0 Å². The molecule has 1 amide bonds. The van der Waals surface area contributed by atoms with Gasteiger partial charge in [0.15, 0.2) is 5.43 Å². The molecular weight excluding hydrogens is 230 g/mol. The quantitative estimate of drug-likeness (QED) is 0.842. The Morgan fingerprint density at radius 1 is 1.33 bits per heavy atom. The van der Waals surface area contributed by atoms with Gasteiger partial charge in [-0.25, -0.2) is 4.98 Å². The van der Waals surface area contributed by atoms with E-state index in [1.165, 1.54) is 18.5 Å². The molecule has 18 heavy (non-hydrogen) atoms. The second kappa shape index (κ2) is 4.83. The van der Waals surface area contributed by atoms with Crippen molar-refractivity contribution in [3.63, 3.8) is 0 Å². The normalized spacial score (nSPS) is 10.1. The van der Waals surface area contributed by atoms with E-state index in [-0.39, 0.29) is 11.0 Å². The van der Waals surface area contributed by atoms with Gasteiger partial charge in [0.25, 0.3) is 5.91 Å². The molecule has 2 aromatic heterocycles. The van der Waals surface area contributed by atoms with Crippen molar-refractivity contribution >= 4 is 11.7 Å². The van der Waals surface area contributed by atoms with Crippen LogP contribution in [0.15, 0.2) is 35.4 Å². The van der Waals surface area contributed by atoms with Crippen LogP contribution in [0.5, 0.6) is 0 Å². The minimum atomic E-state index is -0.464. The van der Waals surface area contributed by atoms with Crippen molar-refractivity contribution < 1.29 is 4.79 Å². The van der Waals surface area contributed by atoms with E-state index in [9.17, 15) is 9.59 Å². The van der Waals surface area contributed by atoms with Crippen LogP contribution >= 0.6 is 0 Å². The van der Waals surface area contributed by atoms with E-state index in [0.717, 1.165) is 11.3 Å². The lowest BCUT2D eigenvalue weighted by Crippen LogP contribution is -2.21. The average Bonchev–Trinajstić information content (AvgIpc) is 2.27.